The minimum Gasteiger partial charge on any atom is -0.385 e. The monoisotopic (exact) mass is 308 g/mol. The lowest BCUT2D eigenvalue weighted by molar-refractivity contribution is 0.189. The highest BCUT2D eigenvalue weighted by Crippen LogP contribution is 2.17. The normalized spacial score (nSPS) is 11.2. The van der Waals surface area contributed by atoms with Crippen molar-refractivity contribution in [3.8, 4) is 11.4 Å². The molecule has 21 heavy (non-hydrogen) atoms. The maximum absolute atomic E-state index is 12.7. The van der Waals surface area contributed by atoms with Gasteiger partial charge in [0.05, 0.1) is 5.56 Å². The lowest BCUT2D eigenvalue weighted by atomic mass is 10.1. The van der Waals surface area contributed by atoms with E-state index in [1.54, 1.807) is 17.7 Å². The Morgan fingerprint density at radius 3 is 2.71 bits per heavy atom. The number of aromatic amines is 2. The van der Waals surface area contributed by atoms with Crippen molar-refractivity contribution in [3.63, 3.8) is 0 Å². The molecule has 0 aliphatic carbocycles. The van der Waals surface area contributed by atoms with Crippen LogP contribution in [0.1, 0.15) is 31.9 Å². The molecule has 0 aliphatic heterocycles. The Morgan fingerprint density at radius 2 is 2.14 bits per heavy atom. The highest BCUT2D eigenvalue weighted by Gasteiger charge is 2.14. The molecule has 0 unspecified atom stereocenters. The lowest BCUT2D eigenvalue weighted by Crippen LogP contribution is -2.26. The zero-order chi connectivity index (χ0) is 15.4. The van der Waals surface area contributed by atoms with Crippen LogP contribution in [0, 0.1) is 4.77 Å². The summed E-state index contributed by atoms with van der Waals surface area (Å²) in [6.07, 6.45) is 0.788. The van der Waals surface area contributed by atoms with Crippen LogP contribution in [0.3, 0.4) is 0 Å². The molecule has 2 heterocycles. The molecule has 2 N–H and O–H groups in total. The van der Waals surface area contributed by atoms with Crippen LogP contribution >= 0.6 is 12.2 Å². The molecular formula is C14H20N4O2S. The number of H-pyrrole nitrogens is 2. The number of ether oxygens (including phenoxy) is 1. The van der Waals surface area contributed by atoms with Gasteiger partial charge in [0, 0.05) is 26.0 Å². The number of methoxy groups -OCH3 is 1. The molecule has 0 atom stereocenters. The Kier molecular flexibility index (Phi) is 5.08. The highest BCUT2D eigenvalue weighted by atomic mass is 32.1. The molecule has 2 rings (SSSR count). The number of nitrogens with zero attached hydrogens (tertiary/aromatic N) is 2. The second-order valence-electron chi connectivity index (χ2n) is 5.15. The van der Waals surface area contributed by atoms with Crippen LogP contribution in [-0.4, -0.2) is 33.5 Å². The van der Waals surface area contributed by atoms with Gasteiger partial charge in [-0.05, 0) is 36.7 Å². The van der Waals surface area contributed by atoms with E-state index >= 15 is 0 Å². The Balaban J connectivity index is 2.48. The fourth-order valence-corrected chi connectivity index (χ4v) is 2.41. The average Bonchev–Trinajstić information content (AvgIpc) is 2.86. The Morgan fingerprint density at radius 1 is 1.38 bits per heavy atom. The predicted molar refractivity (Wildman–Crippen MR) is 84.1 cm³/mol. The van der Waals surface area contributed by atoms with Gasteiger partial charge in [-0.1, -0.05) is 13.8 Å². The molecule has 0 radical (unpaired) electrons. The van der Waals surface area contributed by atoms with E-state index < -0.39 is 0 Å². The average molecular weight is 308 g/mol. The van der Waals surface area contributed by atoms with Gasteiger partial charge >= 0.3 is 0 Å². The molecule has 0 fully saturated rings. The first-order valence-corrected chi connectivity index (χ1v) is 7.33. The third-order valence-electron chi connectivity index (χ3n) is 3.29. The minimum absolute atomic E-state index is 0.0601. The van der Waals surface area contributed by atoms with Gasteiger partial charge in [-0.25, -0.2) is 0 Å². The molecular weight excluding hydrogens is 288 g/mol. The molecule has 0 amide bonds. The summed E-state index contributed by atoms with van der Waals surface area (Å²) in [5, 5.41) is 5.54. The van der Waals surface area contributed by atoms with E-state index in [-0.39, 0.29) is 11.5 Å². The van der Waals surface area contributed by atoms with Crippen molar-refractivity contribution in [2.75, 3.05) is 13.7 Å². The molecule has 0 aromatic carbocycles. The number of hydrogen-bond acceptors (Lipinski definition) is 4. The van der Waals surface area contributed by atoms with Crippen molar-refractivity contribution in [3.05, 3.63) is 33.0 Å². The van der Waals surface area contributed by atoms with Gasteiger partial charge in [-0.15, -0.1) is 0 Å². The van der Waals surface area contributed by atoms with Gasteiger partial charge in [0.2, 0.25) is 4.77 Å². The molecule has 6 nitrogen and oxygen atoms in total. The zero-order valence-corrected chi connectivity index (χ0v) is 13.3. The molecule has 0 saturated carbocycles. The third kappa shape index (κ3) is 3.48. The smallest absolute Gasteiger partial charge is 0.261 e. The van der Waals surface area contributed by atoms with E-state index in [1.807, 2.05) is 6.07 Å². The molecule has 0 bridgehead atoms. The number of nitrogens with one attached hydrogen (secondary N) is 2. The van der Waals surface area contributed by atoms with Crippen LogP contribution in [0.2, 0.25) is 0 Å². The van der Waals surface area contributed by atoms with E-state index in [9.17, 15) is 4.79 Å². The first-order chi connectivity index (χ1) is 10.0. The summed E-state index contributed by atoms with van der Waals surface area (Å²) in [5.41, 5.74) is 1.47. The number of aromatic nitrogens is 4. The van der Waals surface area contributed by atoms with Crippen LogP contribution in [-0.2, 0) is 11.3 Å². The van der Waals surface area contributed by atoms with E-state index in [0.717, 1.165) is 12.1 Å². The summed E-state index contributed by atoms with van der Waals surface area (Å²) >= 11 is 4.94. The van der Waals surface area contributed by atoms with E-state index in [2.05, 4.69) is 29.0 Å². The second kappa shape index (κ2) is 6.82. The van der Waals surface area contributed by atoms with Gasteiger partial charge in [0.15, 0.2) is 5.82 Å². The summed E-state index contributed by atoms with van der Waals surface area (Å²) in [6.45, 7) is 5.39. The van der Waals surface area contributed by atoms with Gasteiger partial charge in [-0.3, -0.25) is 15.0 Å². The summed E-state index contributed by atoms with van der Waals surface area (Å²) < 4.78 is 7.20. The maximum Gasteiger partial charge on any atom is 0.261 e. The van der Waals surface area contributed by atoms with Crippen molar-refractivity contribution in [1.82, 2.24) is 19.7 Å². The zero-order valence-electron chi connectivity index (χ0n) is 12.5. The Labute approximate surface area is 128 Å². The van der Waals surface area contributed by atoms with E-state index in [4.69, 9.17) is 17.0 Å². The quantitative estimate of drug-likeness (QED) is 0.635. The Hall–Kier alpha value is -1.73. The standard InChI is InChI=1S/C14H20N4O2S/c1-9(2)11-6-5-10(12-15-14(21)17-16-12)13(19)18(11)7-4-8-20-3/h5-6,9H,4,7-8H2,1-3H3,(H2,15,16,17,21). The van der Waals surface area contributed by atoms with E-state index in [0.29, 0.717) is 29.3 Å². The van der Waals surface area contributed by atoms with Crippen molar-refractivity contribution in [2.24, 2.45) is 0 Å². The number of pyridine rings is 1. The van der Waals surface area contributed by atoms with Gasteiger partial charge < -0.3 is 9.30 Å². The summed E-state index contributed by atoms with van der Waals surface area (Å²) in [5.74, 6) is 0.743. The summed E-state index contributed by atoms with van der Waals surface area (Å²) in [6, 6.07) is 3.77. The van der Waals surface area contributed by atoms with Crippen LogP contribution in [0.25, 0.3) is 11.4 Å². The third-order valence-corrected chi connectivity index (χ3v) is 3.48. The number of rotatable bonds is 6. The molecule has 2 aromatic rings. The van der Waals surface area contributed by atoms with Crippen molar-refractivity contribution in [1.29, 1.82) is 0 Å². The molecule has 0 saturated heterocycles. The summed E-state index contributed by atoms with van der Waals surface area (Å²) in [4.78, 5) is 16.8. The van der Waals surface area contributed by atoms with Crippen molar-refractivity contribution < 1.29 is 4.74 Å². The van der Waals surface area contributed by atoms with Crippen molar-refractivity contribution >= 4 is 12.2 Å². The highest BCUT2D eigenvalue weighted by molar-refractivity contribution is 7.71. The SMILES string of the molecule is COCCCn1c(C(C)C)ccc(-c2nc(=S)[nH][nH]2)c1=O. The van der Waals surface area contributed by atoms with E-state index in [1.165, 1.54) is 0 Å². The maximum atomic E-state index is 12.7. The summed E-state index contributed by atoms with van der Waals surface area (Å²) in [7, 11) is 1.66. The van der Waals surface area contributed by atoms with Gasteiger partial charge in [0.1, 0.15) is 0 Å². The van der Waals surface area contributed by atoms with Gasteiger partial charge in [-0.2, -0.15) is 4.98 Å². The lowest BCUT2D eigenvalue weighted by Gasteiger charge is -2.16. The number of hydrogen-bond donors (Lipinski definition) is 2. The van der Waals surface area contributed by atoms with Crippen LogP contribution in [0.15, 0.2) is 16.9 Å². The largest absolute Gasteiger partial charge is 0.385 e. The molecule has 0 spiro atoms. The first kappa shape index (κ1) is 15.7. The molecule has 114 valence electrons. The Bertz CT molecular complexity index is 714. The van der Waals surface area contributed by atoms with Gasteiger partial charge in [0.25, 0.3) is 5.56 Å². The van der Waals surface area contributed by atoms with Crippen LogP contribution in [0.5, 0.6) is 0 Å². The molecule has 7 heteroatoms. The van der Waals surface area contributed by atoms with Crippen LogP contribution in [0.4, 0.5) is 0 Å². The van der Waals surface area contributed by atoms with Crippen molar-refractivity contribution in [2.45, 2.75) is 32.7 Å². The fraction of sp³-hybridized carbons (Fsp3) is 0.500. The minimum atomic E-state index is -0.0601. The van der Waals surface area contributed by atoms with Crippen LogP contribution < -0.4 is 5.56 Å². The fourth-order valence-electron chi connectivity index (χ4n) is 2.27. The molecule has 2 aromatic heterocycles. The topological polar surface area (TPSA) is 75.7 Å². The predicted octanol–water partition coefficient (Wildman–Crippen LogP) is 2.46. The second-order valence-corrected chi connectivity index (χ2v) is 5.53. The molecule has 0 aliphatic rings. The first-order valence-electron chi connectivity index (χ1n) is 6.92.